The Morgan fingerprint density at radius 2 is 1.85 bits per heavy atom. The van der Waals surface area contributed by atoms with Crippen molar-refractivity contribution in [1.29, 1.82) is 0 Å². The third kappa shape index (κ3) is 3.74. The Balaban J connectivity index is 1.94. The van der Waals surface area contributed by atoms with Crippen molar-refractivity contribution in [2.75, 3.05) is 26.3 Å². The van der Waals surface area contributed by atoms with Crippen LogP contribution in [0.15, 0.2) is 18.2 Å². The lowest BCUT2D eigenvalue weighted by Crippen LogP contribution is -2.41. The number of rotatable bonds is 4. The van der Waals surface area contributed by atoms with Gasteiger partial charge in [-0.2, -0.15) is 0 Å². The Bertz CT molecular complexity index is 453. The lowest BCUT2D eigenvalue weighted by Gasteiger charge is -2.32. The highest BCUT2D eigenvalue weighted by atomic mass is 19.1. The summed E-state index contributed by atoms with van der Waals surface area (Å²) in [6.07, 6.45) is 1.34. The third-order valence-electron chi connectivity index (χ3n) is 3.28. The van der Waals surface area contributed by atoms with E-state index in [9.17, 15) is 13.6 Å². The standard InChI is InChI=1S/C14H17F2NO3/c15-11-7-10(8-12(16)9-11)14(19)17-3-1-13(2-4-17)20-6-5-18/h7-9,13,18H,1-6H2. The molecule has 1 aliphatic rings. The van der Waals surface area contributed by atoms with Gasteiger partial charge in [-0.25, -0.2) is 8.78 Å². The van der Waals surface area contributed by atoms with Crippen molar-refractivity contribution in [2.45, 2.75) is 18.9 Å². The molecule has 1 saturated heterocycles. The van der Waals surface area contributed by atoms with Crippen LogP contribution in [0.25, 0.3) is 0 Å². The SMILES string of the molecule is O=C(c1cc(F)cc(F)c1)N1CCC(OCCO)CC1. The van der Waals surface area contributed by atoms with Gasteiger partial charge in [0.1, 0.15) is 11.6 Å². The van der Waals surface area contributed by atoms with Gasteiger partial charge < -0.3 is 14.7 Å². The van der Waals surface area contributed by atoms with Gasteiger partial charge in [-0.15, -0.1) is 0 Å². The fourth-order valence-corrected chi connectivity index (χ4v) is 2.30. The first kappa shape index (κ1) is 14.9. The summed E-state index contributed by atoms with van der Waals surface area (Å²) < 4.78 is 31.6. The number of halogens is 2. The normalized spacial score (nSPS) is 16.4. The maximum absolute atomic E-state index is 13.1. The van der Waals surface area contributed by atoms with Gasteiger partial charge in [0, 0.05) is 24.7 Å². The smallest absolute Gasteiger partial charge is 0.254 e. The molecule has 0 saturated carbocycles. The maximum atomic E-state index is 13.1. The van der Waals surface area contributed by atoms with Crippen molar-refractivity contribution in [1.82, 2.24) is 4.90 Å². The molecule has 1 aromatic rings. The average Bonchev–Trinajstić information content (AvgIpc) is 2.44. The number of piperidine rings is 1. The summed E-state index contributed by atoms with van der Waals surface area (Å²) in [5.41, 5.74) is 0.0252. The van der Waals surface area contributed by atoms with Crippen LogP contribution < -0.4 is 0 Å². The van der Waals surface area contributed by atoms with E-state index in [1.807, 2.05) is 0 Å². The predicted molar refractivity (Wildman–Crippen MR) is 68.3 cm³/mol. The van der Waals surface area contributed by atoms with Gasteiger partial charge in [-0.05, 0) is 25.0 Å². The van der Waals surface area contributed by atoms with Crippen LogP contribution in [0, 0.1) is 11.6 Å². The molecule has 4 nitrogen and oxygen atoms in total. The molecular formula is C14H17F2NO3. The highest BCUT2D eigenvalue weighted by Crippen LogP contribution is 2.17. The molecule has 20 heavy (non-hydrogen) atoms. The number of amides is 1. The third-order valence-corrected chi connectivity index (χ3v) is 3.28. The van der Waals surface area contributed by atoms with Gasteiger partial charge in [-0.3, -0.25) is 4.79 Å². The van der Waals surface area contributed by atoms with Crippen LogP contribution in [0.2, 0.25) is 0 Å². The van der Waals surface area contributed by atoms with Crippen molar-refractivity contribution in [3.8, 4) is 0 Å². The van der Waals surface area contributed by atoms with Crippen LogP contribution in [0.5, 0.6) is 0 Å². The zero-order chi connectivity index (χ0) is 14.5. The molecule has 0 radical (unpaired) electrons. The zero-order valence-electron chi connectivity index (χ0n) is 11.0. The second kappa shape index (κ2) is 6.76. The minimum absolute atomic E-state index is 0.0236. The molecule has 2 rings (SSSR count). The minimum atomic E-state index is -0.755. The van der Waals surface area contributed by atoms with Crippen LogP contribution in [-0.2, 0) is 4.74 Å². The fourth-order valence-electron chi connectivity index (χ4n) is 2.30. The lowest BCUT2D eigenvalue weighted by atomic mass is 10.1. The van der Waals surface area contributed by atoms with E-state index < -0.39 is 11.6 Å². The van der Waals surface area contributed by atoms with E-state index in [0.717, 1.165) is 18.2 Å². The summed E-state index contributed by atoms with van der Waals surface area (Å²) in [5.74, 6) is -1.88. The topological polar surface area (TPSA) is 49.8 Å². The molecule has 1 aromatic carbocycles. The molecule has 0 atom stereocenters. The minimum Gasteiger partial charge on any atom is -0.394 e. The average molecular weight is 285 g/mol. The molecule has 0 spiro atoms. The molecule has 1 N–H and O–H groups in total. The van der Waals surface area contributed by atoms with Gasteiger partial charge in [0.2, 0.25) is 0 Å². The van der Waals surface area contributed by atoms with Crippen LogP contribution in [0.1, 0.15) is 23.2 Å². The maximum Gasteiger partial charge on any atom is 0.254 e. The lowest BCUT2D eigenvalue weighted by molar-refractivity contribution is -0.00555. The highest BCUT2D eigenvalue weighted by molar-refractivity contribution is 5.94. The van der Waals surface area contributed by atoms with E-state index in [0.29, 0.717) is 25.9 Å². The number of likely N-dealkylation sites (tertiary alicyclic amines) is 1. The van der Waals surface area contributed by atoms with Gasteiger partial charge in [0.25, 0.3) is 5.91 Å². The quantitative estimate of drug-likeness (QED) is 0.913. The Morgan fingerprint density at radius 1 is 1.25 bits per heavy atom. The van der Waals surface area contributed by atoms with E-state index in [1.165, 1.54) is 0 Å². The first-order valence-electron chi connectivity index (χ1n) is 6.58. The molecule has 0 unspecified atom stereocenters. The molecule has 1 amide bonds. The second-order valence-electron chi connectivity index (χ2n) is 4.74. The molecule has 0 aromatic heterocycles. The Hall–Kier alpha value is -1.53. The largest absolute Gasteiger partial charge is 0.394 e. The molecule has 1 aliphatic heterocycles. The summed E-state index contributed by atoms with van der Waals surface area (Å²) >= 11 is 0. The first-order chi connectivity index (χ1) is 9.60. The van der Waals surface area contributed by atoms with Crippen LogP contribution >= 0.6 is 0 Å². The van der Waals surface area contributed by atoms with Gasteiger partial charge in [0.05, 0.1) is 19.3 Å². The van der Waals surface area contributed by atoms with E-state index in [1.54, 1.807) is 4.90 Å². The summed E-state index contributed by atoms with van der Waals surface area (Å²) in [5, 5.41) is 8.68. The first-order valence-corrected chi connectivity index (χ1v) is 6.58. The molecule has 1 fully saturated rings. The van der Waals surface area contributed by atoms with Gasteiger partial charge in [-0.1, -0.05) is 0 Å². The number of hydrogen-bond donors (Lipinski definition) is 1. The number of carbonyl (C=O) groups is 1. The predicted octanol–water partition coefficient (Wildman–Crippen LogP) is 1.58. The van der Waals surface area contributed by atoms with Crippen molar-refractivity contribution in [2.24, 2.45) is 0 Å². The molecule has 110 valence electrons. The Kier molecular flexibility index (Phi) is 5.03. The summed E-state index contributed by atoms with van der Waals surface area (Å²) in [7, 11) is 0. The van der Waals surface area contributed by atoms with Gasteiger partial charge >= 0.3 is 0 Å². The summed E-state index contributed by atoms with van der Waals surface area (Å²) in [6.45, 7) is 1.22. The van der Waals surface area contributed by atoms with E-state index in [-0.39, 0.29) is 30.8 Å². The number of hydrogen-bond acceptors (Lipinski definition) is 3. The molecule has 0 aliphatic carbocycles. The Labute approximate surface area is 116 Å². The van der Waals surface area contributed by atoms with Crippen molar-refractivity contribution in [3.63, 3.8) is 0 Å². The van der Waals surface area contributed by atoms with Gasteiger partial charge in [0.15, 0.2) is 0 Å². The number of aliphatic hydroxyl groups is 1. The van der Waals surface area contributed by atoms with Crippen molar-refractivity contribution >= 4 is 5.91 Å². The number of ether oxygens (including phenoxy) is 1. The highest BCUT2D eigenvalue weighted by Gasteiger charge is 2.24. The van der Waals surface area contributed by atoms with E-state index >= 15 is 0 Å². The summed E-state index contributed by atoms with van der Waals surface area (Å²) in [6, 6.07) is 2.82. The number of carbonyl (C=O) groups excluding carboxylic acids is 1. The van der Waals surface area contributed by atoms with Crippen molar-refractivity contribution in [3.05, 3.63) is 35.4 Å². The number of nitrogens with zero attached hydrogens (tertiary/aromatic N) is 1. The Morgan fingerprint density at radius 3 is 2.40 bits per heavy atom. The van der Waals surface area contributed by atoms with Crippen LogP contribution in [-0.4, -0.2) is 48.3 Å². The molecular weight excluding hydrogens is 268 g/mol. The fraction of sp³-hybridized carbons (Fsp3) is 0.500. The monoisotopic (exact) mass is 285 g/mol. The molecule has 0 bridgehead atoms. The number of aliphatic hydroxyl groups excluding tert-OH is 1. The second-order valence-corrected chi connectivity index (χ2v) is 4.74. The van der Waals surface area contributed by atoms with Crippen LogP contribution in [0.4, 0.5) is 8.78 Å². The zero-order valence-corrected chi connectivity index (χ0v) is 11.0. The molecule has 1 heterocycles. The van der Waals surface area contributed by atoms with Crippen molar-refractivity contribution < 1.29 is 23.4 Å². The number of benzene rings is 1. The summed E-state index contributed by atoms with van der Waals surface area (Å²) in [4.78, 5) is 13.7. The van der Waals surface area contributed by atoms with E-state index in [4.69, 9.17) is 9.84 Å². The van der Waals surface area contributed by atoms with E-state index in [2.05, 4.69) is 0 Å². The van der Waals surface area contributed by atoms with Crippen LogP contribution in [0.3, 0.4) is 0 Å². The molecule has 6 heteroatoms.